The van der Waals surface area contributed by atoms with Crippen LogP contribution in [0.1, 0.15) is 33.3 Å². The molecule has 0 aliphatic heterocycles. The van der Waals surface area contributed by atoms with Crippen LogP contribution in [0.15, 0.2) is 74.7 Å². The lowest BCUT2D eigenvalue weighted by atomic mass is 10.2. The summed E-state index contributed by atoms with van der Waals surface area (Å²) >= 11 is 3.19. The summed E-state index contributed by atoms with van der Waals surface area (Å²) in [6.45, 7) is 3.69. The van der Waals surface area contributed by atoms with Gasteiger partial charge in [0.25, 0.3) is 0 Å². The van der Waals surface area contributed by atoms with E-state index in [2.05, 4.69) is 47.9 Å². The second-order valence-corrected chi connectivity index (χ2v) is 9.53. The Bertz CT molecular complexity index is 1590. The summed E-state index contributed by atoms with van der Waals surface area (Å²) in [6.07, 6.45) is 1.22. The van der Waals surface area contributed by atoms with E-state index in [-0.39, 0.29) is 28.2 Å². The number of furan rings is 1. The first-order valence-electron chi connectivity index (χ1n) is 12.1. The lowest BCUT2D eigenvalue weighted by molar-refractivity contribution is -0.385. The van der Waals surface area contributed by atoms with E-state index < -0.39 is 29.1 Å². The SMILES string of the molecule is COC(=O)COc1c(Br)cc(/C=N/NC(=O)c2ccc(COc3ccc(-n4c(C)ccc4C)cc3)o2)cc1[N+](=O)[O-]. The molecule has 12 nitrogen and oxygen atoms in total. The molecule has 0 atom stereocenters. The molecule has 0 radical (unpaired) electrons. The smallest absolute Gasteiger partial charge is 0.343 e. The molecule has 0 bridgehead atoms. The zero-order chi connectivity index (χ0) is 29.5. The van der Waals surface area contributed by atoms with Gasteiger partial charge in [0.1, 0.15) is 18.1 Å². The van der Waals surface area contributed by atoms with Crippen molar-refractivity contribution in [3.8, 4) is 17.2 Å². The minimum Gasteiger partial charge on any atom is -0.486 e. The summed E-state index contributed by atoms with van der Waals surface area (Å²) in [7, 11) is 1.17. The quantitative estimate of drug-likeness (QED) is 0.103. The highest BCUT2D eigenvalue weighted by molar-refractivity contribution is 9.10. The number of hydrazone groups is 1. The van der Waals surface area contributed by atoms with Crippen molar-refractivity contribution in [1.82, 2.24) is 9.99 Å². The van der Waals surface area contributed by atoms with Gasteiger partial charge in [-0.1, -0.05) is 0 Å². The average Bonchev–Trinajstić information content (AvgIpc) is 3.57. The molecular weight excluding hydrogens is 600 g/mol. The number of rotatable bonds is 11. The first-order chi connectivity index (χ1) is 19.7. The molecule has 1 amide bonds. The number of amides is 1. The number of methoxy groups -OCH3 is 1. The number of nitrogens with one attached hydrogen (secondary N) is 1. The van der Waals surface area contributed by atoms with Gasteiger partial charge in [-0.25, -0.2) is 10.2 Å². The average molecular weight is 625 g/mol. The Morgan fingerprint density at radius 1 is 1.07 bits per heavy atom. The number of aryl methyl sites for hydroxylation is 2. The number of ether oxygens (including phenoxy) is 3. The van der Waals surface area contributed by atoms with Crippen LogP contribution in [0.4, 0.5) is 5.69 Å². The zero-order valence-corrected chi connectivity index (χ0v) is 23.8. The van der Waals surface area contributed by atoms with Crippen LogP contribution in [-0.2, 0) is 16.1 Å². The van der Waals surface area contributed by atoms with Crippen LogP contribution in [0, 0.1) is 24.0 Å². The van der Waals surface area contributed by atoms with E-state index in [0.717, 1.165) is 17.1 Å². The molecule has 4 rings (SSSR count). The van der Waals surface area contributed by atoms with Crippen LogP contribution in [0.5, 0.6) is 11.5 Å². The summed E-state index contributed by atoms with van der Waals surface area (Å²) in [6, 6.07) is 17.5. The van der Waals surface area contributed by atoms with Gasteiger partial charge < -0.3 is 23.2 Å². The molecule has 2 aromatic carbocycles. The number of halogens is 1. The number of carbonyl (C=O) groups is 2. The van der Waals surface area contributed by atoms with Gasteiger partial charge in [0.2, 0.25) is 5.75 Å². The summed E-state index contributed by atoms with van der Waals surface area (Å²) in [5.41, 5.74) is 5.49. The highest BCUT2D eigenvalue weighted by atomic mass is 79.9. The number of hydrogen-bond donors (Lipinski definition) is 1. The topological polar surface area (TPSA) is 147 Å². The highest BCUT2D eigenvalue weighted by Crippen LogP contribution is 2.36. The lowest BCUT2D eigenvalue weighted by Gasteiger charge is -2.10. The van der Waals surface area contributed by atoms with Crippen LogP contribution in [0.25, 0.3) is 5.69 Å². The van der Waals surface area contributed by atoms with E-state index in [4.69, 9.17) is 13.9 Å². The monoisotopic (exact) mass is 624 g/mol. The minimum atomic E-state index is -0.695. The van der Waals surface area contributed by atoms with E-state index in [9.17, 15) is 19.7 Å². The minimum absolute atomic E-state index is 0.00776. The van der Waals surface area contributed by atoms with Crippen molar-refractivity contribution in [2.75, 3.05) is 13.7 Å². The number of nitro benzene ring substituents is 1. The normalized spacial score (nSPS) is 10.9. The highest BCUT2D eigenvalue weighted by Gasteiger charge is 2.21. The first-order valence-corrected chi connectivity index (χ1v) is 12.9. The van der Waals surface area contributed by atoms with Crippen LogP contribution in [-0.4, -0.2) is 41.3 Å². The summed E-state index contributed by atoms with van der Waals surface area (Å²) in [5, 5.41) is 15.3. The van der Waals surface area contributed by atoms with Gasteiger partial charge in [0.05, 0.1) is 22.7 Å². The molecule has 41 heavy (non-hydrogen) atoms. The molecule has 212 valence electrons. The Kier molecular flexibility index (Phi) is 9.19. The maximum atomic E-state index is 12.5. The molecule has 4 aromatic rings. The molecule has 2 aromatic heterocycles. The molecule has 0 spiro atoms. The Labute approximate surface area is 242 Å². The third-order valence-electron chi connectivity index (χ3n) is 5.82. The van der Waals surface area contributed by atoms with Gasteiger partial charge in [-0.15, -0.1) is 0 Å². The Hall–Kier alpha value is -4.91. The molecule has 0 saturated heterocycles. The molecule has 0 aliphatic rings. The fourth-order valence-corrected chi connectivity index (χ4v) is 4.44. The van der Waals surface area contributed by atoms with Crippen LogP contribution < -0.4 is 14.9 Å². The lowest BCUT2D eigenvalue weighted by Crippen LogP contribution is -2.17. The summed E-state index contributed by atoms with van der Waals surface area (Å²) in [4.78, 5) is 34.6. The number of nitrogens with zero attached hydrogens (tertiary/aromatic N) is 3. The molecule has 1 N–H and O–H groups in total. The predicted molar refractivity (Wildman–Crippen MR) is 152 cm³/mol. The van der Waals surface area contributed by atoms with E-state index in [1.807, 2.05) is 38.1 Å². The van der Waals surface area contributed by atoms with Crippen molar-refractivity contribution in [3.63, 3.8) is 0 Å². The number of nitro groups is 1. The van der Waals surface area contributed by atoms with E-state index in [1.165, 1.54) is 31.5 Å². The predicted octanol–water partition coefficient (Wildman–Crippen LogP) is 5.25. The van der Waals surface area contributed by atoms with Gasteiger partial charge in [0.15, 0.2) is 12.4 Å². The second-order valence-electron chi connectivity index (χ2n) is 8.67. The van der Waals surface area contributed by atoms with Gasteiger partial charge in [0, 0.05) is 28.7 Å². The van der Waals surface area contributed by atoms with E-state index in [0.29, 0.717) is 11.5 Å². The standard InChI is InChI=1S/C28H25BrN4O8/c1-17-4-5-18(2)32(17)20-6-8-21(9-7-20)39-15-22-10-11-25(41-22)28(35)31-30-14-19-12-23(29)27(24(13-19)33(36)37)40-16-26(34)38-3/h4-14H,15-16H2,1-3H3,(H,31,35)/b30-14+. The Morgan fingerprint density at radius 3 is 2.44 bits per heavy atom. The fraction of sp³-hybridized carbons (Fsp3) is 0.179. The number of esters is 1. The third kappa shape index (κ3) is 7.19. The maximum Gasteiger partial charge on any atom is 0.343 e. The van der Waals surface area contributed by atoms with Crippen molar-refractivity contribution < 1.29 is 33.1 Å². The molecule has 13 heteroatoms. The molecule has 0 saturated carbocycles. The summed E-state index contributed by atoms with van der Waals surface area (Å²) in [5.74, 6) is -0.379. The number of carbonyl (C=O) groups excluding carboxylic acids is 2. The molecule has 2 heterocycles. The first kappa shape index (κ1) is 29.1. The van der Waals surface area contributed by atoms with E-state index >= 15 is 0 Å². The van der Waals surface area contributed by atoms with E-state index in [1.54, 1.807) is 6.07 Å². The maximum absolute atomic E-state index is 12.5. The fourth-order valence-electron chi connectivity index (χ4n) is 3.86. The van der Waals surface area contributed by atoms with Gasteiger partial charge in [-0.3, -0.25) is 14.9 Å². The largest absolute Gasteiger partial charge is 0.486 e. The number of aromatic nitrogens is 1. The molecule has 0 aliphatic carbocycles. The summed E-state index contributed by atoms with van der Waals surface area (Å²) < 4.78 is 23.4. The number of hydrogen-bond acceptors (Lipinski definition) is 9. The molecule has 0 unspecified atom stereocenters. The van der Waals surface area contributed by atoms with Crippen LogP contribution in [0.2, 0.25) is 0 Å². The van der Waals surface area contributed by atoms with Crippen molar-refractivity contribution in [2.45, 2.75) is 20.5 Å². The molecule has 0 fully saturated rings. The third-order valence-corrected chi connectivity index (χ3v) is 6.41. The van der Waals surface area contributed by atoms with Crippen LogP contribution in [0.3, 0.4) is 0 Å². The van der Waals surface area contributed by atoms with Crippen LogP contribution >= 0.6 is 15.9 Å². The van der Waals surface area contributed by atoms with Gasteiger partial charge >= 0.3 is 17.6 Å². The zero-order valence-electron chi connectivity index (χ0n) is 22.3. The second kappa shape index (κ2) is 13.0. The van der Waals surface area contributed by atoms with Crippen molar-refractivity contribution in [3.05, 3.63) is 104 Å². The van der Waals surface area contributed by atoms with Crippen molar-refractivity contribution >= 4 is 39.7 Å². The van der Waals surface area contributed by atoms with Crippen molar-refractivity contribution in [2.24, 2.45) is 5.10 Å². The van der Waals surface area contributed by atoms with Gasteiger partial charge in [-0.05, 0) is 84.4 Å². The van der Waals surface area contributed by atoms with Gasteiger partial charge in [-0.2, -0.15) is 5.10 Å². The number of benzene rings is 2. The van der Waals surface area contributed by atoms with Crippen molar-refractivity contribution in [1.29, 1.82) is 0 Å². The molecular formula is C28H25BrN4O8. The Morgan fingerprint density at radius 2 is 1.78 bits per heavy atom. The Balaban J connectivity index is 1.33.